The van der Waals surface area contributed by atoms with Crippen molar-refractivity contribution in [3.63, 3.8) is 0 Å². The molecule has 2 aliphatic rings. The van der Waals surface area contributed by atoms with Gasteiger partial charge in [0.15, 0.2) is 11.0 Å². The molecule has 0 unspecified atom stereocenters. The summed E-state index contributed by atoms with van der Waals surface area (Å²) in [4.78, 5) is 31.1. The third-order valence-electron chi connectivity index (χ3n) is 8.14. The van der Waals surface area contributed by atoms with E-state index in [4.69, 9.17) is 9.15 Å². The van der Waals surface area contributed by atoms with Crippen molar-refractivity contribution in [2.24, 2.45) is 0 Å². The largest absolute Gasteiger partial charge is 0.495 e. The Labute approximate surface area is 224 Å². The van der Waals surface area contributed by atoms with E-state index < -0.39 is 0 Å². The Hall–Kier alpha value is -3.32. The molecule has 1 aromatic heterocycles. The van der Waals surface area contributed by atoms with Gasteiger partial charge in [-0.05, 0) is 57.0 Å². The highest BCUT2D eigenvalue weighted by molar-refractivity contribution is 6.04. The fraction of sp³-hybridized carbons (Fsp3) is 0.484. The molecule has 3 aromatic rings. The number of nitrogens with zero attached hydrogens (tertiary/aromatic N) is 2. The monoisotopic (exact) mass is 517 g/mol. The minimum absolute atomic E-state index is 0.0197. The number of amides is 1. The molecular formula is C31H39N3O4. The number of hydrogen-bond donors (Lipinski definition) is 1. The van der Waals surface area contributed by atoms with Gasteiger partial charge in [-0.1, -0.05) is 37.5 Å². The molecule has 1 amide bonds. The second-order valence-electron chi connectivity index (χ2n) is 10.5. The molecule has 5 rings (SSSR count). The molecule has 2 fully saturated rings. The number of rotatable bonds is 8. The van der Waals surface area contributed by atoms with E-state index in [0.717, 1.165) is 82.0 Å². The van der Waals surface area contributed by atoms with Crippen LogP contribution in [0, 0.1) is 6.92 Å². The van der Waals surface area contributed by atoms with Gasteiger partial charge in [0.05, 0.1) is 23.7 Å². The van der Waals surface area contributed by atoms with Gasteiger partial charge in [0.1, 0.15) is 11.5 Å². The number of hydrogen-bond acceptors (Lipinski definition) is 6. The van der Waals surface area contributed by atoms with Gasteiger partial charge in [0, 0.05) is 44.2 Å². The van der Waals surface area contributed by atoms with E-state index in [-0.39, 0.29) is 17.3 Å². The van der Waals surface area contributed by atoms with E-state index in [0.29, 0.717) is 28.6 Å². The Morgan fingerprint density at radius 2 is 1.79 bits per heavy atom. The van der Waals surface area contributed by atoms with Gasteiger partial charge in [-0.25, -0.2) is 0 Å². The molecule has 2 aromatic carbocycles. The van der Waals surface area contributed by atoms with Crippen molar-refractivity contribution in [3.05, 3.63) is 69.6 Å². The first kappa shape index (κ1) is 26.3. The summed E-state index contributed by atoms with van der Waals surface area (Å²) in [6, 6.07) is 13.5. The molecule has 1 saturated carbocycles. The van der Waals surface area contributed by atoms with Gasteiger partial charge in [-0.15, -0.1) is 0 Å². The summed E-state index contributed by atoms with van der Waals surface area (Å²) in [6.45, 7) is 7.21. The Morgan fingerprint density at radius 1 is 1.03 bits per heavy atom. The minimum Gasteiger partial charge on any atom is -0.495 e. The highest BCUT2D eigenvalue weighted by Gasteiger charge is 2.24. The first-order valence-corrected chi connectivity index (χ1v) is 14.0. The maximum absolute atomic E-state index is 13.1. The zero-order chi connectivity index (χ0) is 26.5. The van der Waals surface area contributed by atoms with Crippen LogP contribution in [0.3, 0.4) is 0 Å². The number of benzene rings is 2. The van der Waals surface area contributed by atoms with Crippen molar-refractivity contribution in [2.45, 2.75) is 51.4 Å². The first-order valence-electron chi connectivity index (χ1n) is 14.0. The third-order valence-corrected chi connectivity index (χ3v) is 8.14. The normalized spacial score (nSPS) is 17.1. The van der Waals surface area contributed by atoms with Crippen LogP contribution in [0.2, 0.25) is 0 Å². The second kappa shape index (κ2) is 12.0. The standard InChI is InChI=1S/C31H39N3O4/c1-22-28(35)24-12-8-13-25(30(24)38-29(22)23-10-4-3-5-11-23)31(36)32-16-9-17-33-18-20-34(21-19-33)26-14-6-7-15-27(26)37-2/h6-8,12-15,23H,3-5,9-11,16-21H2,1-2H3,(H,32,36). The van der Waals surface area contributed by atoms with Crippen LogP contribution < -0.4 is 20.4 Å². The number of para-hydroxylation sites is 3. The van der Waals surface area contributed by atoms with Crippen LogP contribution in [0.1, 0.15) is 66.1 Å². The summed E-state index contributed by atoms with van der Waals surface area (Å²) in [5.74, 6) is 1.77. The topological polar surface area (TPSA) is 75.0 Å². The molecule has 2 heterocycles. The number of ether oxygens (including phenoxy) is 1. The lowest BCUT2D eigenvalue weighted by Crippen LogP contribution is -2.47. The van der Waals surface area contributed by atoms with Crippen molar-refractivity contribution in [1.29, 1.82) is 0 Å². The van der Waals surface area contributed by atoms with Crippen molar-refractivity contribution < 1.29 is 13.9 Å². The zero-order valence-electron chi connectivity index (χ0n) is 22.6. The quantitative estimate of drug-likeness (QED) is 0.419. The molecule has 0 radical (unpaired) electrons. The van der Waals surface area contributed by atoms with Crippen molar-refractivity contribution in [1.82, 2.24) is 10.2 Å². The third kappa shape index (κ3) is 5.58. The van der Waals surface area contributed by atoms with E-state index in [1.807, 2.05) is 25.1 Å². The summed E-state index contributed by atoms with van der Waals surface area (Å²) in [7, 11) is 1.71. The minimum atomic E-state index is -0.182. The number of methoxy groups -OCH3 is 1. The maximum Gasteiger partial charge on any atom is 0.255 e. The summed E-state index contributed by atoms with van der Waals surface area (Å²) in [5.41, 5.74) is 2.68. The number of piperazine rings is 1. The molecular weight excluding hydrogens is 478 g/mol. The summed E-state index contributed by atoms with van der Waals surface area (Å²) < 4.78 is 11.9. The Morgan fingerprint density at radius 3 is 2.55 bits per heavy atom. The zero-order valence-corrected chi connectivity index (χ0v) is 22.6. The van der Waals surface area contributed by atoms with E-state index in [1.165, 1.54) is 6.42 Å². The van der Waals surface area contributed by atoms with Crippen LogP contribution in [0.15, 0.2) is 51.7 Å². The lowest BCUT2D eigenvalue weighted by Gasteiger charge is -2.36. The summed E-state index contributed by atoms with van der Waals surface area (Å²) in [6.07, 6.45) is 6.49. The average Bonchev–Trinajstić information content (AvgIpc) is 2.97. The van der Waals surface area contributed by atoms with Crippen LogP contribution in [-0.4, -0.2) is 57.2 Å². The van der Waals surface area contributed by atoms with Crippen LogP contribution in [0.25, 0.3) is 11.0 Å². The maximum atomic E-state index is 13.1. The van der Waals surface area contributed by atoms with Crippen LogP contribution in [0.4, 0.5) is 5.69 Å². The van der Waals surface area contributed by atoms with Gasteiger partial charge in [0.2, 0.25) is 0 Å². The summed E-state index contributed by atoms with van der Waals surface area (Å²) >= 11 is 0. The van der Waals surface area contributed by atoms with Gasteiger partial charge in [-0.3, -0.25) is 14.5 Å². The van der Waals surface area contributed by atoms with Crippen LogP contribution in [0.5, 0.6) is 5.75 Å². The highest BCUT2D eigenvalue weighted by atomic mass is 16.5. The van der Waals surface area contributed by atoms with Gasteiger partial charge in [0.25, 0.3) is 5.91 Å². The number of carbonyl (C=O) groups excluding carboxylic acids is 1. The Bertz CT molecular complexity index is 1320. The van der Waals surface area contributed by atoms with Gasteiger partial charge in [-0.2, -0.15) is 0 Å². The lowest BCUT2D eigenvalue weighted by atomic mass is 9.85. The van der Waals surface area contributed by atoms with E-state index >= 15 is 0 Å². The van der Waals surface area contributed by atoms with Crippen molar-refractivity contribution >= 4 is 22.6 Å². The molecule has 1 aliphatic heterocycles. The first-order chi connectivity index (χ1) is 18.6. The molecule has 7 heteroatoms. The number of nitrogens with one attached hydrogen (secondary N) is 1. The van der Waals surface area contributed by atoms with Crippen molar-refractivity contribution in [2.75, 3.05) is 51.3 Å². The number of anilines is 1. The fourth-order valence-electron chi connectivity index (χ4n) is 5.96. The summed E-state index contributed by atoms with van der Waals surface area (Å²) in [5, 5.41) is 3.55. The van der Waals surface area contributed by atoms with E-state index in [2.05, 4.69) is 21.2 Å². The number of carbonyl (C=O) groups is 1. The SMILES string of the molecule is COc1ccccc1N1CCN(CCCNC(=O)c2cccc3c(=O)c(C)c(C4CCCCC4)oc23)CC1. The molecule has 0 atom stereocenters. The highest BCUT2D eigenvalue weighted by Crippen LogP contribution is 2.35. The molecule has 1 N–H and O–H groups in total. The molecule has 7 nitrogen and oxygen atoms in total. The lowest BCUT2D eigenvalue weighted by molar-refractivity contribution is 0.0952. The second-order valence-corrected chi connectivity index (χ2v) is 10.5. The average molecular weight is 518 g/mol. The van der Waals surface area contributed by atoms with E-state index in [1.54, 1.807) is 25.3 Å². The van der Waals surface area contributed by atoms with Crippen molar-refractivity contribution in [3.8, 4) is 5.75 Å². The van der Waals surface area contributed by atoms with Gasteiger partial charge >= 0.3 is 0 Å². The predicted octanol–water partition coefficient (Wildman–Crippen LogP) is 5.10. The Kier molecular flexibility index (Phi) is 8.32. The molecule has 0 bridgehead atoms. The molecule has 1 aliphatic carbocycles. The van der Waals surface area contributed by atoms with E-state index in [9.17, 15) is 9.59 Å². The fourth-order valence-corrected chi connectivity index (χ4v) is 5.96. The van der Waals surface area contributed by atoms with Crippen LogP contribution in [-0.2, 0) is 0 Å². The predicted molar refractivity (Wildman–Crippen MR) is 152 cm³/mol. The molecule has 202 valence electrons. The Balaban J connectivity index is 1.17. The molecule has 38 heavy (non-hydrogen) atoms. The van der Waals surface area contributed by atoms with Crippen LogP contribution >= 0.6 is 0 Å². The molecule has 0 spiro atoms. The number of fused-ring (bicyclic) bond motifs is 1. The van der Waals surface area contributed by atoms with Gasteiger partial charge < -0.3 is 19.4 Å². The molecule has 1 saturated heterocycles. The smallest absolute Gasteiger partial charge is 0.255 e.